The summed E-state index contributed by atoms with van der Waals surface area (Å²) in [5.41, 5.74) is 1.84. The summed E-state index contributed by atoms with van der Waals surface area (Å²) in [6.07, 6.45) is 2.99. The zero-order valence-corrected chi connectivity index (χ0v) is 21.8. The van der Waals surface area contributed by atoms with Gasteiger partial charge >= 0.3 is 5.92 Å². The van der Waals surface area contributed by atoms with Gasteiger partial charge in [0.15, 0.2) is 11.6 Å². The van der Waals surface area contributed by atoms with Crippen molar-refractivity contribution in [3.05, 3.63) is 65.3 Å². The topological polar surface area (TPSA) is 72.2 Å². The van der Waals surface area contributed by atoms with E-state index in [0.717, 1.165) is 43.5 Å². The molecule has 0 saturated carbocycles. The van der Waals surface area contributed by atoms with Gasteiger partial charge in [0.25, 0.3) is 0 Å². The van der Waals surface area contributed by atoms with Gasteiger partial charge in [-0.2, -0.15) is 8.78 Å². The van der Waals surface area contributed by atoms with Crippen LogP contribution < -0.4 is 9.64 Å². The Bertz CT molecular complexity index is 1410. The van der Waals surface area contributed by atoms with E-state index in [1.807, 2.05) is 12.1 Å². The number of halogens is 3. The van der Waals surface area contributed by atoms with Gasteiger partial charge in [0, 0.05) is 57.1 Å². The van der Waals surface area contributed by atoms with Crippen molar-refractivity contribution in [2.45, 2.75) is 32.4 Å². The van der Waals surface area contributed by atoms with Gasteiger partial charge in [-0.3, -0.25) is 4.90 Å². The number of benzene rings is 1. The lowest BCUT2D eigenvalue weighted by Gasteiger charge is -2.27. The number of nitrogens with zero attached hydrogens (tertiary/aromatic N) is 7. The second-order valence-electron chi connectivity index (χ2n) is 9.60. The van der Waals surface area contributed by atoms with E-state index >= 15 is 0 Å². The first-order valence-electron chi connectivity index (χ1n) is 12.0. The van der Waals surface area contributed by atoms with Crippen molar-refractivity contribution in [3.63, 3.8) is 0 Å². The Morgan fingerprint density at radius 1 is 1.16 bits per heavy atom. The number of alkyl halides is 2. The molecule has 1 aliphatic rings. The molecule has 2 unspecified atom stereocenters. The van der Waals surface area contributed by atoms with Crippen LogP contribution in [0.1, 0.15) is 25.2 Å². The molecule has 1 fully saturated rings. The zero-order chi connectivity index (χ0) is 26.3. The molecule has 1 aliphatic heterocycles. The molecule has 0 bridgehead atoms. The van der Waals surface area contributed by atoms with E-state index < -0.39 is 11.7 Å². The molecule has 194 valence electrons. The summed E-state index contributed by atoms with van der Waals surface area (Å²) >= 11 is 6.20. The molecule has 1 aromatic carbocycles. The van der Waals surface area contributed by atoms with Crippen LogP contribution >= 0.6 is 11.6 Å². The van der Waals surface area contributed by atoms with Crippen LogP contribution in [0.5, 0.6) is 5.75 Å². The fourth-order valence-corrected chi connectivity index (χ4v) is 5.04. The van der Waals surface area contributed by atoms with Gasteiger partial charge < -0.3 is 9.64 Å². The highest BCUT2D eigenvalue weighted by Gasteiger charge is 2.35. The maximum Gasteiger partial charge on any atom is 0.303 e. The first-order valence-corrected chi connectivity index (χ1v) is 12.4. The summed E-state index contributed by atoms with van der Waals surface area (Å²) in [7, 11) is 3.79. The minimum absolute atomic E-state index is 0.241. The van der Waals surface area contributed by atoms with Crippen LogP contribution in [0, 0.1) is 5.92 Å². The predicted molar refractivity (Wildman–Crippen MR) is 139 cm³/mol. The fourth-order valence-electron chi connectivity index (χ4n) is 4.89. The van der Waals surface area contributed by atoms with E-state index in [1.165, 1.54) is 16.4 Å². The first kappa shape index (κ1) is 25.3. The SMILES string of the molecule is COc1ccc(CN(C)C2CN(c3nn(-c4ccnc(C(C)(F)F)n4)c4cc(Cl)ncc34)CC2C)cc1. The van der Waals surface area contributed by atoms with E-state index in [0.29, 0.717) is 11.4 Å². The monoisotopic (exact) mass is 527 g/mol. The molecule has 0 aliphatic carbocycles. The third-order valence-electron chi connectivity index (χ3n) is 6.79. The number of anilines is 1. The van der Waals surface area contributed by atoms with Gasteiger partial charge in [-0.05, 0) is 30.7 Å². The van der Waals surface area contributed by atoms with E-state index in [-0.39, 0.29) is 17.0 Å². The highest BCUT2D eigenvalue weighted by Crippen LogP contribution is 2.34. The van der Waals surface area contributed by atoms with Crippen molar-refractivity contribution in [2.75, 3.05) is 32.1 Å². The van der Waals surface area contributed by atoms with Crippen LogP contribution in [0.2, 0.25) is 5.15 Å². The minimum Gasteiger partial charge on any atom is -0.497 e. The van der Waals surface area contributed by atoms with E-state index in [1.54, 1.807) is 25.4 Å². The van der Waals surface area contributed by atoms with Crippen molar-refractivity contribution >= 4 is 28.3 Å². The molecule has 1 saturated heterocycles. The number of hydrogen-bond donors (Lipinski definition) is 0. The molecule has 3 aromatic heterocycles. The third-order valence-corrected chi connectivity index (χ3v) is 7.00. The Hall–Kier alpha value is -3.37. The predicted octanol–water partition coefficient (Wildman–Crippen LogP) is 4.94. The number of likely N-dealkylation sites (N-methyl/N-ethyl adjacent to an activating group) is 1. The van der Waals surface area contributed by atoms with Crippen LogP contribution in [0.4, 0.5) is 14.6 Å². The number of methoxy groups -OCH3 is 1. The van der Waals surface area contributed by atoms with E-state index in [9.17, 15) is 8.78 Å². The van der Waals surface area contributed by atoms with Crippen LogP contribution in [-0.2, 0) is 12.5 Å². The molecule has 37 heavy (non-hydrogen) atoms. The van der Waals surface area contributed by atoms with Crippen molar-refractivity contribution < 1.29 is 13.5 Å². The van der Waals surface area contributed by atoms with Gasteiger partial charge in [0.1, 0.15) is 10.9 Å². The molecule has 0 radical (unpaired) electrons. The first-order chi connectivity index (χ1) is 17.6. The molecule has 4 heterocycles. The van der Waals surface area contributed by atoms with Gasteiger partial charge in [-0.25, -0.2) is 19.6 Å². The largest absolute Gasteiger partial charge is 0.497 e. The van der Waals surface area contributed by atoms with Gasteiger partial charge in [-0.1, -0.05) is 30.7 Å². The number of pyridine rings is 1. The van der Waals surface area contributed by atoms with Crippen molar-refractivity contribution in [2.24, 2.45) is 5.92 Å². The maximum atomic E-state index is 13.9. The summed E-state index contributed by atoms with van der Waals surface area (Å²) in [4.78, 5) is 16.6. The number of hydrogen-bond acceptors (Lipinski definition) is 7. The van der Waals surface area contributed by atoms with Gasteiger partial charge in [0.05, 0.1) is 18.0 Å². The quantitative estimate of drug-likeness (QED) is 0.315. The molecule has 11 heteroatoms. The van der Waals surface area contributed by atoms with Crippen LogP contribution in [0.3, 0.4) is 0 Å². The molecule has 0 spiro atoms. The second-order valence-corrected chi connectivity index (χ2v) is 9.99. The molecule has 0 N–H and O–H groups in total. The molecule has 0 amide bonds. The Morgan fingerprint density at radius 2 is 1.92 bits per heavy atom. The Balaban J connectivity index is 1.45. The van der Waals surface area contributed by atoms with Gasteiger partial charge in [-0.15, -0.1) is 5.10 Å². The van der Waals surface area contributed by atoms with E-state index in [2.05, 4.69) is 50.9 Å². The van der Waals surface area contributed by atoms with Gasteiger partial charge in [0.2, 0.25) is 5.82 Å². The average molecular weight is 528 g/mol. The summed E-state index contributed by atoms with van der Waals surface area (Å²) < 4.78 is 34.7. The minimum atomic E-state index is -3.17. The normalized spacial score (nSPS) is 18.2. The van der Waals surface area contributed by atoms with Crippen LogP contribution in [0.15, 0.2) is 48.8 Å². The van der Waals surface area contributed by atoms with Crippen molar-refractivity contribution in [1.82, 2.24) is 29.6 Å². The highest BCUT2D eigenvalue weighted by molar-refractivity contribution is 6.30. The van der Waals surface area contributed by atoms with E-state index in [4.69, 9.17) is 21.4 Å². The summed E-state index contributed by atoms with van der Waals surface area (Å²) in [5, 5.41) is 5.87. The fraction of sp³-hybridized carbons (Fsp3) is 0.385. The molecule has 8 nitrogen and oxygen atoms in total. The average Bonchev–Trinajstić information content (AvgIpc) is 3.44. The molecule has 4 aromatic rings. The maximum absolute atomic E-state index is 13.9. The van der Waals surface area contributed by atoms with Crippen LogP contribution in [0.25, 0.3) is 16.7 Å². The van der Waals surface area contributed by atoms with Crippen molar-refractivity contribution in [3.8, 4) is 11.6 Å². The Labute approximate surface area is 218 Å². The summed E-state index contributed by atoms with van der Waals surface area (Å²) in [5.74, 6) is -1.58. The second kappa shape index (κ2) is 9.83. The standard InChI is InChI=1S/C26H28ClF2N7O/c1-16-13-35(15-21(16)34(3)14-17-5-7-18(37-4)8-6-17)24-19-12-31-22(27)11-20(19)36(33-24)23-9-10-30-25(32-23)26(2,28)29/h5-12,16,21H,13-15H2,1-4H3. The number of rotatable bonds is 7. The third kappa shape index (κ3) is 5.08. The molecular formula is C26H28ClF2N7O. The Morgan fingerprint density at radius 3 is 2.62 bits per heavy atom. The molecule has 5 rings (SSSR count). The highest BCUT2D eigenvalue weighted by atomic mass is 35.5. The molecule has 2 atom stereocenters. The smallest absolute Gasteiger partial charge is 0.303 e. The van der Waals surface area contributed by atoms with Crippen LogP contribution in [-0.4, -0.2) is 62.9 Å². The lowest BCUT2D eigenvalue weighted by atomic mass is 10.0. The summed E-state index contributed by atoms with van der Waals surface area (Å²) in [6, 6.07) is 11.6. The number of ether oxygens (including phenoxy) is 1. The number of fused-ring (bicyclic) bond motifs is 1. The zero-order valence-electron chi connectivity index (χ0n) is 21.1. The lowest BCUT2D eigenvalue weighted by molar-refractivity contribution is 0.00763. The van der Waals surface area contributed by atoms with Crippen molar-refractivity contribution in [1.29, 1.82) is 0 Å². The number of aromatic nitrogens is 5. The Kier molecular flexibility index (Phi) is 6.72. The lowest BCUT2D eigenvalue weighted by Crippen LogP contribution is -2.37. The molecular weight excluding hydrogens is 500 g/mol. The summed E-state index contributed by atoms with van der Waals surface area (Å²) in [6.45, 7) is 5.34.